The van der Waals surface area contributed by atoms with Gasteiger partial charge in [-0.25, -0.2) is 9.78 Å². The van der Waals surface area contributed by atoms with Crippen LogP contribution < -0.4 is 11.2 Å². The quantitative estimate of drug-likeness (QED) is 0.776. The number of ether oxygens (including phenoxy) is 2. The maximum absolute atomic E-state index is 13.6. The Hall–Kier alpha value is -2.52. The Labute approximate surface area is 180 Å². The van der Waals surface area contributed by atoms with E-state index in [4.69, 9.17) is 9.47 Å². The van der Waals surface area contributed by atoms with E-state index in [9.17, 15) is 14.4 Å². The average molecular weight is 431 g/mol. The van der Waals surface area contributed by atoms with Gasteiger partial charge in [-0.1, -0.05) is 20.8 Å². The largest absolute Gasteiger partial charge is 0.350 e. The minimum absolute atomic E-state index is 0.0369. The van der Waals surface area contributed by atoms with Gasteiger partial charge in [0.05, 0.1) is 24.2 Å². The number of rotatable bonds is 5. The fraction of sp³-hybridized carbons (Fsp3) is 0.636. The number of piperidine rings is 1. The maximum Gasteiger partial charge on any atom is 0.329 e. The number of hydrogen-bond acceptors (Lipinski definition) is 6. The van der Waals surface area contributed by atoms with Crippen LogP contribution in [0.3, 0.4) is 0 Å². The lowest BCUT2D eigenvalue weighted by molar-refractivity contribution is -0.0969. The van der Waals surface area contributed by atoms with Crippen molar-refractivity contribution in [2.75, 3.05) is 26.3 Å². The molecule has 0 bridgehead atoms. The van der Waals surface area contributed by atoms with Gasteiger partial charge in [-0.15, -0.1) is 0 Å². The van der Waals surface area contributed by atoms with Crippen molar-refractivity contribution in [1.29, 1.82) is 0 Å². The molecule has 0 aromatic carbocycles. The standard InChI is InChI=1S/C22H30N4O5/c1-4-7-26-18-17(19(27)24-22(26)29)15(11-16(23-18)13(2)3)20(28)25-8-5-6-14(12-25)21-30-9-10-31-21/h11,13-14,21H,4-10,12H2,1-3H3,(H,24,27,29). The number of fused-ring (bicyclic) bond motifs is 1. The fourth-order valence-electron chi connectivity index (χ4n) is 4.42. The smallest absolute Gasteiger partial charge is 0.329 e. The molecule has 2 aromatic rings. The molecule has 1 unspecified atom stereocenters. The highest BCUT2D eigenvalue weighted by molar-refractivity contribution is 6.05. The molecular formula is C22H30N4O5. The summed E-state index contributed by atoms with van der Waals surface area (Å²) in [4.78, 5) is 47.6. The molecule has 2 aliphatic rings. The van der Waals surface area contributed by atoms with Gasteiger partial charge in [0.25, 0.3) is 11.5 Å². The molecule has 2 saturated heterocycles. The fourth-order valence-corrected chi connectivity index (χ4v) is 4.42. The van der Waals surface area contributed by atoms with E-state index in [2.05, 4.69) is 9.97 Å². The topological polar surface area (TPSA) is 107 Å². The normalized spacial score (nSPS) is 20.1. The van der Waals surface area contributed by atoms with E-state index in [1.807, 2.05) is 20.8 Å². The molecule has 0 spiro atoms. The summed E-state index contributed by atoms with van der Waals surface area (Å²) in [6, 6.07) is 1.71. The molecule has 0 saturated carbocycles. The third-order valence-corrected chi connectivity index (χ3v) is 6.02. The monoisotopic (exact) mass is 430 g/mol. The van der Waals surface area contributed by atoms with E-state index in [1.165, 1.54) is 4.57 Å². The van der Waals surface area contributed by atoms with Crippen molar-refractivity contribution >= 4 is 16.9 Å². The number of likely N-dealkylation sites (tertiary alicyclic amines) is 1. The summed E-state index contributed by atoms with van der Waals surface area (Å²) in [7, 11) is 0. The number of aryl methyl sites for hydroxylation is 1. The van der Waals surface area contributed by atoms with Crippen LogP contribution in [0.4, 0.5) is 0 Å². The molecule has 9 nitrogen and oxygen atoms in total. The third-order valence-electron chi connectivity index (χ3n) is 6.02. The van der Waals surface area contributed by atoms with Gasteiger partial charge in [0.15, 0.2) is 11.9 Å². The molecule has 4 rings (SSSR count). The van der Waals surface area contributed by atoms with Gasteiger partial charge in [0.1, 0.15) is 0 Å². The minimum Gasteiger partial charge on any atom is -0.350 e. The van der Waals surface area contributed by atoms with Gasteiger partial charge >= 0.3 is 5.69 Å². The van der Waals surface area contributed by atoms with Gasteiger partial charge < -0.3 is 14.4 Å². The van der Waals surface area contributed by atoms with E-state index in [0.29, 0.717) is 50.5 Å². The van der Waals surface area contributed by atoms with Crippen molar-refractivity contribution in [3.05, 3.63) is 38.2 Å². The Balaban J connectivity index is 1.80. The lowest BCUT2D eigenvalue weighted by Crippen LogP contribution is -2.44. The van der Waals surface area contributed by atoms with Crippen molar-refractivity contribution in [2.24, 2.45) is 5.92 Å². The molecule has 31 heavy (non-hydrogen) atoms. The first-order valence-electron chi connectivity index (χ1n) is 11.1. The number of hydrogen-bond donors (Lipinski definition) is 1. The molecule has 0 aliphatic carbocycles. The van der Waals surface area contributed by atoms with Gasteiger partial charge in [-0.2, -0.15) is 0 Å². The summed E-state index contributed by atoms with van der Waals surface area (Å²) < 4.78 is 12.8. The Kier molecular flexibility index (Phi) is 6.24. The van der Waals surface area contributed by atoms with Gasteiger partial charge in [-0.05, 0) is 31.2 Å². The predicted molar refractivity (Wildman–Crippen MR) is 115 cm³/mol. The van der Waals surface area contributed by atoms with Crippen LogP contribution in [0.15, 0.2) is 15.7 Å². The lowest BCUT2D eigenvalue weighted by Gasteiger charge is -2.35. The Morgan fingerprint density at radius 2 is 2.03 bits per heavy atom. The van der Waals surface area contributed by atoms with Crippen molar-refractivity contribution in [3.8, 4) is 0 Å². The summed E-state index contributed by atoms with van der Waals surface area (Å²) in [6.45, 7) is 8.58. The van der Waals surface area contributed by atoms with Crippen molar-refractivity contribution in [1.82, 2.24) is 19.4 Å². The summed E-state index contributed by atoms with van der Waals surface area (Å²) in [6.07, 6.45) is 2.19. The number of amides is 1. The van der Waals surface area contributed by atoms with Crippen molar-refractivity contribution in [2.45, 2.75) is 58.8 Å². The van der Waals surface area contributed by atoms with E-state index >= 15 is 0 Å². The first kappa shape index (κ1) is 21.7. The summed E-state index contributed by atoms with van der Waals surface area (Å²) in [5.41, 5.74) is 0.186. The van der Waals surface area contributed by atoms with Gasteiger partial charge in [0, 0.05) is 31.2 Å². The number of H-pyrrole nitrogens is 1. The van der Waals surface area contributed by atoms with E-state index < -0.39 is 11.2 Å². The number of carbonyl (C=O) groups excluding carboxylic acids is 1. The first-order valence-corrected chi connectivity index (χ1v) is 11.1. The second kappa shape index (κ2) is 8.92. The SMILES string of the molecule is CCCn1c(=O)[nH]c(=O)c2c(C(=O)N3CCCC(C4OCCO4)C3)cc(C(C)C)nc21. The highest BCUT2D eigenvalue weighted by Gasteiger charge is 2.34. The van der Waals surface area contributed by atoms with Crippen molar-refractivity contribution < 1.29 is 14.3 Å². The maximum atomic E-state index is 13.6. The van der Waals surface area contributed by atoms with Crippen LogP contribution in [0.1, 0.15) is 62.0 Å². The number of nitrogens with zero attached hydrogens (tertiary/aromatic N) is 3. The molecule has 9 heteroatoms. The van der Waals surface area contributed by atoms with E-state index in [-0.39, 0.29) is 35.1 Å². The molecular weight excluding hydrogens is 400 g/mol. The zero-order valence-corrected chi connectivity index (χ0v) is 18.3. The van der Waals surface area contributed by atoms with Crippen LogP contribution in [-0.2, 0) is 16.0 Å². The molecule has 1 atom stereocenters. The predicted octanol–water partition coefficient (Wildman–Crippen LogP) is 1.84. The highest BCUT2D eigenvalue weighted by Crippen LogP contribution is 2.27. The van der Waals surface area contributed by atoms with Crippen LogP contribution in [0.25, 0.3) is 11.0 Å². The molecule has 0 radical (unpaired) electrons. The number of pyridine rings is 1. The lowest BCUT2D eigenvalue weighted by atomic mass is 9.96. The average Bonchev–Trinajstić information content (AvgIpc) is 3.30. The zero-order chi connectivity index (χ0) is 22.1. The number of nitrogens with one attached hydrogen (secondary N) is 1. The van der Waals surface area contributed by atoms with Crippen molar-refractivity contribution in [3.63, 3.8) is 0 Å². The third kappa shape index (κ3) is 4.16. The van der Waals surface area contributed by atoms with E-state index in [0.717, 1.165) is 12.8 Å². The molecule has 2 aromatic heterocycles. The second-order valence-corrected chi connectivity index (χ2v) is 8.62. The zero-order valence-electron chi connectivity index (χ0n) is 18.3. The number of aromatic amines is 1. The number of carbonyl (C=O) groups is 1. The van der Waals surface area contributed by atoms with Crippen LogP contribution in [-0.4, -0.2) is 57.9 Å². The van der Waals surface area contributed by atoms with Gasteiger partial charge in [-0.3, -0.25) is 19.1 Å². The molecule has 2 fully saturated rings. The minimum atomic E-state index is -0.575. The summed E-state index contributed by atoms with van der Waals surface area (Å²) in [5, 5.41) is 0.179. The molecule has 4 heterocycles. The molecule has 2 aliphatic heterocycles. The van der Waals surface area contributed by atoms with Gasteiger partial charge in [0.2, 0.25) is 0 Å². The van der Waals surface area contributed by atoms with Crippen LogP contribution in [0, 0.1) is 5.92 Å². The van der Waals surface area contributed by atoms with Crippen LogP contribution in [0.2, 0.25) is 0 Å². The Morgan fingerprint density at radius 1 is 1.29 bits per heavy atom. The Morgan fingerprint density at radius 3 is 2.71 bits per heavy atom. The van der Waals surface area contributed by atoms with Crippen LogP contribution >= 0.6 is 0 Å². The first-order chi connectivity index (χ1) is 14.9. The Bertz CT molecular complexity index is 1080. The molecule has 1 N–H and O–H groups in total. The van der Waals surface area contributed by atoms with E-state index in [1.54, 1.807) is 11.0 Å². The summed E-state index contributed by atoms with van der Waals surface area (Å²) >= 11 is 0. The second-order valence-electron chi connectivity index (χ2n) is 8.62. The number of aromatic nitrogens is 3. The highest BCUT2D eigenvalue weighted by atomic mass is 16.7. The van der Waals surface area contributed by atoms with Crippen LogP contribution in [0.5, 0.6) is 0 Å². The molecule has 1 amide bonds. The molecule has 168 valence electrons. The summed E-state index contributed by atoms with van der Waals surface area (Å²) in [5.74, 6) is -0.0755.